The van der Waals surface area contributed by atoms with Crippen LogP contribution in [0.4, 0.5) is 13.2 Å². The van der Waals surface area contributed by atoms with E-state index in [1.807, 2.05) is 0 Å². The number of carbonyl (C=O) groups excluding carboxylic acids is 1. The molecule has 0 aliphatic heterocycles. The molecule has 17 heavy (non-hydrogen) atoms. The molecule has 1 amide bonds. The molecule has 8 heteroatoms. The van der Waals surface area contributed by atoms with Crippen LogP contribution >= 0.6 is 0 Å². The molecule has 0 saturated carbocycles. The number of halogens is 3. The van der Waals surface area contributed by atoms with Crippen LogP contribution in [-0.4, -0.2) is 29.2 Å². The van der Waals surface area contributed by atoms with Crippen molar-refractivity contribution in [2.45, 2.75) is 44.8 Å². The molecule has 100 valence electrons. The maximum atomic E-state index is 11.9. The van der Waals surface area contributed by atoms with E-state index in [1.54, 1.807) is 6.92 Å². The number of nitrogens with two attached hydrogens (primary N) is 1. The summed E-state index contributed by atoms with van der Waals surface area (Å²) in [6.07, 6.45) is -5.18. The maximum Gasteiger partial charge on any atom is 0.389 e. The number of oxime groups is 1. The minimum atomic E-state index is -4.37. The van der Waals surface area contributed by atoms with Crippen LogP contribution in [0.25, 0.3) is 0 Å². The fraction of sp³-hybridized carbons (Fsp3) is 0.778. The van der Waals surface area contributed by atoms with Crippen molar-refractivity contribution in [1.82, 2.24) is 5.32 Å². The minimum absolute atomic E-state index is 0.216. The summed E-state index contributed by atoms with van der Waals surface area (Å²) in [5, 5.41) is 13.4. The number of rotatable bonds is 6. The van der Waals surface area contributed by atoms with Crippen LogP contribution in [0.15, 0.2) is 5.16 Å². The Bertz CT molecular complexity index is 279. The van der Waals surface area contributed by atoms with Crippen LogP contribution in [0.2, 0.25) is 0 Å². The molecule has 0 radical (unpaired) electrons. The largest absolute Gasteiger partial charge is 0.409 e. The summed E-state index contributed by atoms with van der Waals surface area (Å²) in [7, 11) is 0. The first-order chi connectivity index (χ1) is 7.80. The summed E-state index contributed by atoms with van der Waals surface area (Å²) in [4.78, 5) is 11.2. The molecule has 0 rings (SSSR count). The molecule has 1 unspecified atom stereocenters. The molecule has 5 nitrogen and oxygen atoms in total. The van der Waals surface area contributed by atoms with Gasteiger partial charge < -0.3 is 16.3 Å². The van der Waals surface area contributed by atoms with Crippen molar-refractivity contribution in [2.24, 2.45) is 10.9 Å². The highest BCUT2D eigenvalue weighted by Crippen LogP contribution is 2.21. The summed E-state index contributed by atoms with van der Waals surface area (Å²) < 4.78 is 35.6. The normalized spacial score (nSPS) is 14.5. The molecule has 0 fully saturated rings. The summed E-state index contributed by atoms with van der Waals surface area (Å²) in [6, 6.07) is -0.731. The second-order valence-corrected chi connectivity index (χ2v) is 3.55. The standard InChI is InChI=1S/C9H16F3N3O2/c1-2-3-6(8(13)15-17)14-7(16)4-5-9(10,11)12/h6,17H,2-5H2,1H3,(H2,13,15)(H,14,16). The van der Waals surface area contributed by atoms with Gasteiger partial charge in [0.05, 0.1) is 12.5 Å². The van der Waals surface area contributed by atoms with E-state index in [9.17, 15) is 18.0 Å². The summed E-state index contributed by atoms with van der Waals surface area (Å²) in [6.45, 7) is 1.81. The first kappa shape index (κ1) is 15.5. The number of alkyl halides is 3. The topological polar surface area (TPSA) is 87.7 Å². The van der Waals surface area contributed by atoms with Gasteiger partial charge in [-0.3, -0.25) is 4.79 Å². The monoisotopic (exact) mass is 255 g/mol. The fourth-order valence-electron chi connectivity index (χ4n) is 1.17. The van der Waals surface area contributed by atoms with Gasteiger partial charge in [-0.1, -0.05) is 18.5 Å². The third kappa shape index (κ3) is 7.42. The highest BCUT2D eigenvalue weighted by atomic mass is 19.4. The van der Waals surface area contributed by atoms with E-state index in [2.05, 4.69) is 10.5 Å². The van der Waals surface area contributed by atoms with Gasteiger partial charge in [0.1, 0.15) is 0 Å². The Morgan fingerprint density at radius 2 is 2.12 bits per heavy atom. The Labute approximate surface area is 96.9 Å². The van der Waals surface area contributed by atoms with Gasteiger partial charge in [0.2, 0.25) is 5.91 Å². The van der Waals surface area contributed by atoms with E-state index < -0.39 is 31.0 Å². The highest BCUT2D eigenvalue weighted by Gasteiger charge is 2.28. The summed E-state index contributed by atoms with van der Waals surface area (Å²) in [5.74, 6) is -0.986. The Morgan fingerprint density at radius 3 is 2.53 bits per heavy atom. The summed E-state index contributed by atoms with van der Waals surface area (Å²) in [5.41, 5.74) is 5.30. The quantitative estimate of drug-likeness (QED) is 0.290. The fourth-order valence-corrected chi connectivity index (χ4v) is 1.17. The molecule has 1 atom stereocenters. The molecule has 0 heterocycles. The Kier molecular flexibility index (Phi) is 6.37. The molecule has 4 N–H and O–H groups in total. The third-order valence-electron chi connectivity index (χ3n) is 2.02. The summed E-state index contributed by atoms with van der Waals surface area (Å²) >= 11 is 0. The predicted octanol–water partition coefficient (Wildman–Crippen LogP) is 1.36. The molecule has 0 bridgehead atoms. The molecule has 0 aromatic rings. The Balaban J connectivity index is 4.22. The minimum Gasteiger partial charge on any atom is -0.409 e. The average Bonchev–Trinajstić information content (AvgIpc) is 2.24. The molecule has 0 saturated heterocycles. The van der Waals surface area contributed by atoms with Crippen LogP contribution in [0.1, 0.15) is 32.6 Å². The molecule has 0 aromatic carbocycles. The van der Waals surface area contributed by atoms with Crippen LogP contribution in [0, 0.1) is 0 Å². The number of carbonyl (C=O) groups is 1. The van der Waals surface area contributed by atoms with Gasteiger partial charge in [-0.15, -0.1) is 0 Å². The first-order valence-electron chi connectivity index (χ1n) is 5.13. The number of hydrogen-bond acceptors (Lipinski definition) is 3. The molecular formula is C9H16F3N3O2. The molecule has 0 aliphatic rings. The zero-order valence-electron chi connectivity index (χ0n) is 9.42. The van der Waals surface area contributed by atoms with E-state index in [4.69, 9.17) is 10.9 Å². The van der Waals surface area contributed by atoms with Crippen molar-refractivity contribution in [2.75, 3.05) is 0 Å². The van der Waals surface area contributed by atoms with Crippen molar-refractivity contribution in [3.8, 4) is 0 Å². The van der Waals surface area contributed by atoms with Crippen molar-refractivity contribution < 1.29 is 23.2 Å². The van der Waals surface area contributed by atoms with Crippen molar-refractivity contribution in [1.29, 1.82) is 0 Å². The van der Waals surface area contributed by atoms with Crippen LogP contribution in [0.5, 0.6) is 0 Å². The highest BCUT2D eigenvalue weighted by molar-refractivity contribution is 5.89. The Morgan fingerprint density at radius 1 is 1.53 bits per heavy atom. The maximum absolute atomic E-state index is 11.9. The number of nitrogens with zero attached hydrogens (tertiary/aromatic N) is 1. The number of amides is 1. The lowest BCUT2D eigenvalue weighted by molar-refractivity contribution is -0.144. The lowest BCUT2D eigenvalue weighted by atomic mass is 10.1. The van der Waals surface area contributed by atoms with Crippen LogP contribution < -0.4 is 11.1 Å². The van der Waals surface area contributed by atoms with Gasteiger partial charge in [0.25, 0.3) is 0 Å². The van der Waals surface area contributed by atoms with E-state index in [0.717, 1.165) is 0 Å². The average molecular weight is 255 g/mol. The van der Waals surface area contributed by atoms with Gasteiger partial charge in [0, 0.05) is 6.42 Å². The first-order valence-corrected chi connectivity index (χ1v) is 5.13. The second kappa shape index (κ2) is 6.97. The zero-order chi connectivity index (χ0) is 13.5. The van der Waals surface area contributed by atoms with Gasteiger partial charge in [-0.05, 0) is 6.42 Å². The molecule has 0 aliphatic carbocycles. The number of hydrogen-bond donors (Lipinski definition) is 3. The van der Waals surface area contributed by atoms with E-state index in [-0.39, 0.29) is 5.84 Å². The molecule has 0 aromatic heterocycles. The predicted molar refractivity (Wildman–Crippen MR) is 55.5 cm³/mol. The number of nitrogens with one attached hydrogen (secondary N) is 1. The lowest BCUT2D eigenvalue weighted by Gasteiger charge is -2.16. The smallest absolute Gasteiger partial charge is 0.389 e. The van der Waals surface area contributed by atoms with Crippen molar-refractivity contribution in [3.63, 3.8) is 0 Å². The molecule has 0 spiro atoms. The van der Waals surface area contributed by atoms with Crippen molar-refractivity contribution in [3.05, 3.63) is 0 Å². The van der Waals surface area contributed by atoms with E-state index in [0.29, 0.717) is 12.8 Å². The number of amidine groups is 1. The van der Waals surface area contributed by atoms with Crippen LogP contribution in [-0.2, 0) is 4.79 Å². The van der Waals surface area contributed by atoms with Gasteiger partial charge in [-0.2, -0.15) is 13.2 Å². The van der Waals surface area contributed by atoms with Crippen LogP contribution in [0.3, 0.4) is 0 Å². The van der Waals surface area contributed by atoms with E-state index in [1.165, 1.54) is 0 Å². The van der Waals surface area contributed by atoms with Gasteiger partial charge in [0.15, 0.2) is 5.84 Å². The SMILES string of the molecule is CCCC(NC(=O)CCC(F)(F)F)C(N)=NO. The van der Waals surface area contributed by atoms with Crippen molar-refractivity contribution >= 4 is 11.7 Å². The zero-order valence-corrected chi connectivity index (χ0v) is 9.42. The van der Waals surface area contributed by atoms with Gasteiger partial charge in [-0.25, -0.2) is 0 Å². The molecular weight excluding hydrogens is 239 g/mol. The lowest BCUT2D eigenvalue weighted by Crippen LogP contribution is -2.44. The van der Waals surface area contributed by atoms with Gasteiger partial charge >= 0.3 is 6.18 Å². The Hall–Kier alpha value is -1.47. The second-order valence-electron chi connectivity index (χ2n) is 3.55. The third-order valence-corrected chi connectivity index (χ3v) is 2.02. The van der Waals surface area contributed by atoms with E-state index >= 15 is 0 Å².